The highest BCUT2D eigenvalue weighted by Gasteiger charge is 2.23. The van der Waals surface area contributed by atoms with E-state index in [4.69, 9.17) is 0 Å². The summed E-state index contributed by atoms with van der Waals surface area (Å²) in [6.45, 7) is 2.94. The fraction of sp³-hybridized carbons (Fsp3) is 0.727. The van der Waals surface area contributed by atoms with E-state index < -0.39 is 0 Å². The number of ketones is 1. The van der Waals surface area contributed by atoms with Gasteiger partial charge in [-0.15, -0.1) is 11.8 Å². The molecular formula is C11H17N3OS2. The van der Waals surface area contributed by atoms with Crippen molar-refractivity contribution in [1.82, 2.24) is 14.8 Å². The second kappa shape index (κ2) is 6.44. The van der Waals surface area contributed by atoms with Crippen molar-refractivity contribution in [3.8, 4) is 0 Å². The maximum atomic E-state index is 12.1. The first-order valence-electron chi connectivity index (χ1n) is 5.90. The fourth-order valence-electron chi connectivity index (χ4n) is 1.77. The molecule has 0 bridgehead atoms. The summed E-state index contributed by atoms with van der Waals surface area (Å²) in [5.41, 5.74) is 0. The molecule has 1 aliphatic heterocycles. The maximum absolute atomic E-state index is 12.1. The van der Waals surface area contributed by atoms with Crippen molar-refractivity contribution in [3.63, 3.8) is 0 Å². The SMILES string of the molecule is CCCn1ncnc1CC(=O)C1CSCCS1. The molecule has 0 aromatic carbocycles. The Kier molecular flexibility index (Phi) is 4.91. The van der Waals surface area contributed by atoms with Crippen molar-refractivity contribution >= 4 is 29.3 Å². The van der Waals surface area contributed by atoms with Crippen molar-refractivity contribution < 1.29 is 4.79 Å². The topological polar surface area (TPSA) is 47.8 Å². The van der Waals surface area contributed by atoms with Crippen LogP contribution in [0.5, 0.6) is 0 Å². The van der Waals surface area contributed by atoms with Gasteiger partial charge in [0.25, 0.3) is 0 Å². The molecule has 0 amide bonds. The average Bonchev–Trinajstić information content (AvgIpc) is 2.78. The van der Waals surface area contributed by atoms with E-state index in [0.29, 0.717) is 12.2 Å². The van der Waals surface area contributed by atoms with E-state index in [1.165, 1.54) is 5.75 Å². The van der Waals surface area contributed by atoms with Gasteiger partial charge in [-0.1, -0.05) is 6.92 Å². The molecule has 94 valence electrons. The Labute approximate surface area is 110 Å². The highest BCUT2D eigenvalue weighted by Crippen LogP contribution is 2.25. The zero-order chi connectivity index (χ0) is 12.1. The lowest BCUT2D eigenvalue weighted by molar-refractivity contribution is -0.117. The molecule has 6 heteroatoms. The van der Waals surface area contributed by atoms with Crippen LogP contribution in [0.2, 0.25) is 0 Å². The van der Waals surface area contributed by atoms with E-state index in [1.54, 1.807) is 18.1 Å². The van der Waals surface area contributed by atoms with E-state index in [-0.39, 0.29) is 5.25 Å². The monoisotopic (exact) mass is 271 g/mol. The van der Waals surface area contributed by atoms with Crippen molar-refractivity contribution in [2.24, 2.45) is 0 Å². The lowest BCUT2D eigenvalue weighted by Crippen LogP contribution is -2.27. The van der Waals surface area contributed by atoms with Gasteiger partial charge in [0.15, 0.2) is 5.78 Å². The van der Waals surface area contributed by atoms with Gasteiger partial charge >= 0.3 is 0 Å². The molecule has 1 aliphatic rings. The molecule has 2 rings (SSSR count). The number of thioether (sulfide) groups is 2. The van der Waals surface area contributed by atoms with Gasteiger partial charge in [-0.3, -0.25) is 4.79 Å². The third-order valence-corrected chi connectivity index (χ3v) is 5.44. The third-order valence-electron chi connectivity index (χ3n) is 2.64. The van der Waals surface area contributed by atoms with Crippen LogP contribution >= 0.6 is 23.5 Å². The van der Waals surface area contributed by atoms with Crippen LogP contribution in [0.25, 0.3) is 0 Å². The number of hydrogen-bond donors (Lipinski definition) is 0. The molecule has 17 heavy (non-hydrogen) atoms. The Morgan fingerprint density at radius 1 is 1.59 bits per heavy atom. The first-order valence-corrected chi connectivity index (χ1v) is 8.10. The minimum Gasteiger partial charge on any atom is -0.298 e. The number of carbonyl (C=O) groups is 1. The van der Waals surface area contributed by atoms with Crippen LogP contribution in [-0.4, -0.2) is 43.1 Å². The summed E-state index contributed by atoms with van der Waals surface area (Å²) in [4.78, 5) is 16.3. The smallest absolute Gasteiger partial charge is 0.154 e. The van der Waals surface area contributed by atoms with Gasteiger partial charge in [0, 0.05) is 23.8 Å². The van der Waals surface area contributed by atoms with Crippen LogP contribution < -0.4 is 0 Å². The molecule has 0 N–H and O–H groups in total. The standard InChI is InChI=1S/C11H17N3OS2/c1-2-3-14-11(12-8-13-14)6-9(15)10-7-16-4-5-17-10/h8,10H,2-7H2,1H3. The fourth-order valence-corrected chi connectivity index (χ4v) is 4.42. The van der Waals surface area contributed by atoms with E-state index in [1.807, 2.05) is 16.4 Å². The Hall–Kier alpha value is -0.490. The molecule has 0 spiro atoms. The Morgan fingerprint density at radius 2 is 2.47 bits per heavy atom. The molecule has 0 aliphatic carbocycles. The van der Waals surface area contributed by atoms with Gasteiger partial charge in [0.1, 0.15) is 12.2 Å². The molecule has 1 fully saturated rings. The normalized spacial score (nSPS) is 20.4. The number of carbonyl (C=O) groups excluding carboxylic acids is 1. The van der Waals surface area contributed by atoms with Gasteiger partial charge in [-0.25, -0.2) is 9.67 Å². The Balaban J connectivity index is 1.94. The zero-order valence-electron chi connectivity index (χ0n) is 9.96. The number of rotatable bonds is 5. The van der Waals surface area contributed by atoms with Crippen molar-refractivity contribution in [1.29, 1.82) is 0 Å². The van der Waals surface area contributed by atoms with Gasteiger partial charge in [-0.05, 0) is 6.42 Å². The molecule has 2 heterocycles. The van der Waals surface area contributed by atoms with E-state index in [9.17, 15) is 4.79 Å². The van der Waals surface area contributed by atoms with Crippen LogP contribution in [0.4, 0.5) is 0 Å². The second-order valence-electron chi connectivity index (χ2n) is 3.98. The molecular weight excluding hydrogens is 254 g/mol. The number of aromatic nitrogens is 3. The van der Waals surface area contributed by atoms with Crippen LogP contribution in [-0.2, 0) is 17.8 Å². The lowest BCUT2D eigenvalue weighted by Gasteiger charge is -2.19. The predicted octanol–water partition coefficient (Wildman–Crippen LogP) is 1.65. The summed E-state index contributed by atoms with van der Waals surface area (Å²) in [7, 11) is 0. The molecule has 1 aromatic rings. The van der Waals surface area contributed by atoms with Gasteiger partial charge in [-0.2, -0.15) is 16.9 Å². The largest absolute Gasteiger partial charge is 0.298 e. The minimum atomic E-state index is 0.153. The maximum Gasteiger partial charge on any atom is 0.154 e. The van der Waals surface area contributed by atoms with Crippen LogP contribution in [0, 0.1) is 0 Å². The number of Topliss-reactive ketones (excluding diaryl/α,β-unsaturated/α-hetero) is 1. The average molecular weight is 271 g/mol. The number of nitrogens with zero attached hydrogens (tertiary/aromatic N) is 3. The molecule has 0 saturated carbocycles. The zero-order valence-corrected chi connectivity index (χ0v) is 11.6. The molecule has 1 aromatic heterocycles. The van der Waals surface area contributed by atoms with Crippen molar-refractivity contribution in [3.05, 3.63) is 12.2 Å². The molecule has 1 atom stereocenters. The highest BCUT2D eigenvalue weighted by atomic mass is 32.2. The van der Waals surface area contributed by atoms with Crippen LogP contribution in [0.15, 0.2) is 6.33 Å². The lowest BCUT2D eigenvalue weighted by atomic mass is 10.2. The summed E-state index contributed by atoms with van der Waals surface area (Å²) in [6, 6.07) is 0. The summed E-state index contributed by atoms with van der Waals surface area (Å²) < 4.78 is 1.85. The molecule has 0 radical (unpaired) electrons. The molecule has 1 saturated heterocycles. The minimum absolute atomic E-state index is 0.153. The Morgan fingerprint density at radius 3 is 3.18 bits per heavy atom. The van der Waals surface area contributed by atoms with Gasteiger partial charge in [0.2, 0.25) is 0 Å². The summed E-state index contributed by atoms with van der Waals surface area (Å²) in [6.07, 6.45) is 2.98. The predicted molar refractivity (Wildman–Crippen MR) is 72.6 cm³/mol. The van der Waals surface area contributed by atoms with Crippen molar-refractivity contribution in [2.75, 3.05) is 17.3 Å². The van der Waals surface area contributed by atoms with E-state index in [0.717, 1.165) is 30.3 Å². The molecule has 4 nitrogen and oxygen atoms in total. The first-order chi connectivity index (χ1) is 8.31. The van der Waals surface area contributed by atoms with Gasteiger partial charge < -0.3 is 0 Å². The highest BCUT2D eigenvalue weighted by molar-refractivity contribution is 8.07. The number of aryl methyl sites for hydroxylation is 1. The van der Waals surface area contributed by atoms with E-state index in [2.05, 4.69) is 17.0 Å². The summed E-state index contributed by atoms with van der Waals surface area (Å²) in [5, 5.41) is 4.30. The van der Waals surface area contributed by atoms with Crippen molar-refractivity contribution in [2.45, 2.75) is 31.6 Å². The quantitative estimate of drug-likeness (QED) is 0.815. The number of hydrogen-bond acceptors (Lipinski definition) is 5. The molecule has 1 unspecified atom stereocenters. The van der Waals surface area contributed by atoms with E-state index >= 15 is 0 Å². The van der Waals surface area contributed by atoms with Crippen LogP contribution in [0.3, 0.4) is 0 Å². The third kappa shape index (κ3) is 3.48. The Bertz CT molecular complexity index is 375. The van der Waals surface area contributed by atoms with Crippen LogP contribution in [0.1, 0.15) is 19.2 Å². The summed E-state index contributed by atoms with van der Waals surface area (Å²) >= 11 is 3.66. The second-order valence-corrected chi connectivity index (χ2v) is 6.44. The first kappa shape index (κ1) is 13.0. The van der Waals surface area contributed by atoms with Gasteiger partial charge in [0.05, 0.1) is 11.7 Å². The summed E-state index contributed by atoms with van der Waals surface area (Å²) in [5.74, 6) is 4.31.